The van der Waals surface area contributed by atoms with Crippen LogP contribution in [0.2, 0.25) is 5.02 Å². The molecule has 1 unspecified atom stereocenters. The van der Waals surface area contributed by atoms with E-state index in [2.05, 4.69) is 0 Å². The minimum atomic E-state index is -0.621. The van der Waals surface area contributed by atoms with Gasteiger partial charge in [-0.25, -0.2) is 4.39 Å². The average molecular weight is 469 g/mol. The molecule has 1 fully saturated rings. The SMILES string of the molecule is O=C1c2c(O)c(=O)ccn2N(C2c3ccc(F)cc3CSc3c(Cl)cccc32)CC12CC2. The number of aromatic nitrogens is 1. The molecule has 1 atom stereocenters. The van der Waals surface area contributed by atoms with Gasteiger partial charge in [0.25, 0.3) is 0 Å². The molecule has 32 heavy (non-hydrogen) atoms. The summed E-state index contributed by atoms with van der Waals surface area (Å²) in [5.74, 6) is -0.477. The minimum Gasteiger partial charge on any atom is -0.503 e. The lowest BCUT2D eigenvalue weighted by Crippen LogP contribution is -2.51. The Bertz CT molecular complexity index is 1370. The molecule has 3 aliphatic rings. The number of aromatic hydroxyl groups is 1. The van der Waals surface area contributed by atoms with Crippen LogP contribution in [0.5, 0.6) is 5.75 Å². The molecule has 2 aromatic carbocycles. The number of nitrogens with zero attached hydrogens (tertiary/aromatic N) is 2. The zero-order valence-electron chi connectivity index (χ0n) is 16.8. The molecule has 0 radical (unpaired) electrons. The topological polar surface area (TPSA) is 62.5 Å². The maximum atomic E-state index is 14.2. The molecule has 0 bridgehead atoms. The van der Waals surface area contributed by atoms with Gasteiger partial charge in [0.05, 0.1) is 16.5 Å². The smallest absolute Gasteiger partial charge is 0.224 e. The molecule has 1 aliphatic carbocycles. The van der Waals surface area contributed by atoms with E-state index in [1.165, 1.54) is 18.3 Å². The lowest BCUT2D eigenvalue weighted by Gasteiger charge is -2.43. The number of halogens is 2. The van der Waals surface area contributed by atoms with Crippen molar-refractivity contribution in [2.45, 2.75) is 29.5 Å². The van der Waals surface area contributed by atoms with Gasteiger partial charge in [0, 0.05) is 29.5 Å². The summed E-state index contributed by atoms with van der Waals surface area (Å²) >= 11 is 8.13. The lowest BCUT2D eigenvalue weighted by molar-refractivity contribution is 0.0856. The highest BCUT2D eigenvalue weighted by molar-refractivity contribution is 7.98. The Labute approximate surface area is 192 Å². The van der Waals surface area contributed by atoms with Crippen LogP contribution in [0.3, 0.4) is 0 Å². The molecule has 5 nitrogen and oxygen atoms in total. The van der Waals surface area contributed by atoms with E-state index in [0.29, 0.717) is 30.2 Å². The molecule has 3 heterocycles. The summed E-state index contributed by atoms with van der Waals surface area (Å²) in [6, 6.07) is 11.4. The molecule has 1 saturated carbocycles. The quantitative estimate of drug-likeness (QED) is 0.563. The Morgan fingerprint density at radius 1 is 1.12 bits per heavy atom. The average Bonchev–Trinajstić information content (AvgIpc) is 3.56. The first-order valence-electron chi connectivity index (χ1n) is 10.4. The van der Waals surface area contributed by atoms with Crippen molar-refractivity contribution >= 4 is 29.1 Å². The standard InChI is InChI=1S/C24H18ClFN2O3S/c25-17-3-1-2-16-19(15-5-4-14(26)10-13(15)11-32-22(16)17)28-12-24(7-8-24)23(31)20-21(30)18(29)6-9-27(20)28/h1-6,9-10,19,30H,7-8,11-12H2. The first-order valence-corrected chi connectivity index (χ1v) is 11.7. The third-order valence-corrected chi connectivity index (χ3v) is 8.33. The number of carbonyl (C=O) groups is 1. The fourth-order valence-corrected chi connectivity index (χ4v) is 6.35. The number of fused-ring (bicyclic) bond motifs is 3. The van der Waals surface area contributed by atoms with Crippen LogP contribution in [-0.2, 0) is 5.75 Å². The molecular weight excluding hydrogens is 451 g/mol. The second-order valence-electron chi connectivity index (χ2n) is 8.62. The number of benzene rings is 2. The van der Waals surface area contributed by atoms with Gasteiger partial charge >= 0.3 is 0 Å². The predicted octanol–water partition coefficient (Wildman–Crippen LogP) is 4.66. The minimum absolute atomic E-state index is 0.0189. The van der Waals surface area contributed by atoms with Crippen LogP contribution in [0.25, 0.3) is 0 Å². The van der Waals surface area contributed by atoms with Crippen LogP contribution < -0.4 is 10.4 Å². The predicted molar refractivity (Wildman–Crippen MR) is 121 cm³/mol. The van der Waals surface area contributed by atoms with Gasteiger partial charge < -0.3 is 5.11 Å². The number of ketones is 1. The van der Waals surface area contributed by atoms with E-state index in [1.54, 1.807) is 28.6 Å². The Hall–Kier alpha value is -2.77. The molecule has 3 aromatic rings. The van der Waals surface area contributed by atoms with Gasteiger partial charge in [-0.15, -0.1) is 11.8 Å². The second kappa shape index (κ2) is 6.86. The molecule has 1 N–H and O–H groups in total. The zero-order valence-corrected chi connectivity index (χ0v) is 18.4. The van der Waals surface area contributed by atoms with Crippen molar-refractivity contribution < 1.29 is 14.3 Å². The largest absolute Gasteiger partial charge is 0.503 e. The number of pyridine rings is 1. The van der Waals surface area contributed by atoms with E-state index < -0.39 is 16.6 Å². The fourth-order valence-electron chi connectivity index (χ4n) is 4.90. The summed E-state index contributed by atoms with van der Waals surface area (Å²) in [6.45, 7) is 0.430. The van der Waals surface area contributed by atoms with Crippen molar-refractivity contribution in [3.05, 3.63) is 92.1 Å². The number of thioether (sulfide) groups is 1. The van der Waals surface area contributed by atoms with Gasteiger partial charge in [-0.1, -0.05) is 29.8 Å². The fraction of sp³-hybridized carbons (Fsp3) is 0.250. The lowest BCUT2D eigenvalue weighted by atomic mass is 9.90. The van der Waals surface area contributed by atoms with Crippen LogP contribution in [0.1, 0.15) is 46.1 Å². The summed E-state index contributed by atoms with van der Waals surface area (Å²) in [4.78, 5) is 26.3. The Balaban J connectivity index is 1.65. The van der Waals surface area contributed by atoms with Crippen LogP contribution in [0.15, 0.2) is 58.4 Å². The Morgan fingerprint density at radius 3 is 2.72 bits per heavy atom. The van der Waals surface area contributed by atoms with Crippen molar-refractivity contribution in [2.75, 3.05) is 11.6 Å². The van der Waals surface area contributed by atoms with E-state index >= 15 is 0 Å². The molecule has 8 heteroatoms. The van der Waals surface area contributed by atoms with E-state index in [-0.39, 0.29) is 23.3 Å². The summed E-state index contributed by atoms with van der Waals surface area (Å²) in [6.07, 6.45) is 2.94. The highest BCUT2D eigenvalue weighted by Crippen LogP contribution is 2.54. The molecule has 0 amide bonds. The maximum absolute atomic E-state index is 14.2. The Morgan fingerprint density at radius 2 is 1.94 bits per heavy atom. The zero-order chi connectivity index (χ0) is 22.2. The molecule has 162 valence electrons. The van der Waals surface area contributed by atoms with Crippen molar-refractivity contribution in [1.29, 1.82) is 0 Å². The van der Waals surface area contributed by atoms with Crippen molar-refractivity contribution in [1.82, 2.24) is 4.68 Å². The normalized spacial score (nSPS) is 20.4. The highest BCUT2D eigenvalue weighted by Gasteiger charge is 2.56. The number of rotatable bonds is 1. The van der Waals surface area contributed by atoms with Crippen molar-refractivity contribution in [2.24, 2.45) is 5.41 Å². The number of hydrogen-bond acceptors (Lipinski definition) is 5. The van der Waals surface area contributed by atoms with Gasteiger partial charge in [0.15, 0.2) is 17.2 Å². The second-order valence-corrected chi connectivity index (χ2v) is 10.0. The molecule has 6 rings (SSSR count). The monoisotopic (exact) mass is 468 g/mol. The molecule has 2 aliphatic heterocycles. The van der Waals surface area contributed by atoms with Crippen LogP contribution in [0, 0.1) is 11.2 Å². The van der Waals surface area contributed by atoms with Gasteiger partial charge in [-0.05, 0) is 47.7 Å². The summed E-state index contributed by atoms with van der Waals surface area (Å²) in [5.41, 5.74) is 1.52. The van der Waals surface area contributed by atoms with E-state index in [9.17, 15) is 19.1 Å². The van der Waals surface area contributed by atoms with Crippen LogP contribution in [-0.4, -0.2) is 22.1 Å². The van der Waals surface area contributed by atoms with Gasteiger partial charge in [0.1, 0.15) is 5.82 Å². The van der Waals surface area contributed by atoms with Gasteiger partial charge in [0.2, 0.25) is 5.43 Å². The van der Waals surface area contributed by atoms with Gasteiger partial charge in [-0.3, -0.25) is 19.3 Å². The van der Waals surface area contributed by atoms with Gasteiger partial charge in [-0.2, -0.15) is 0 Å². The third kappa shape index (κ3) is 2.77. The van der Waals surface area contributed by atoms with E-state index in [4.69, 9.17) is 11.6 Å². The van der Waals surface area contributed by atoms with E-state index in [0.717, 1.165) is 21.6 Å². The number of Topliss-reactive ketones (excluding diaryl/α,β-unsaturated/α-hetero) is 1. The number of hydrogen-bond donors (Lipinski definition) is 1. The maximum Gasteiger partial charge on any atom is 0.224 e. The number of carbonyl (C=O) groups excluding carboxylic acids is 1. The molecule has 0 saturated heterocycles. The summed E-state index contributed by atoms with van der Waals surface area (Å²) in [5, 5.41) is 13.2. The van der Waals surface area contributed by atoms with Crippen LogP contribution >= 0.6 is 23.4 Å². The molecule has 1 spiro atoms. The third-order valence-electron chi connectivity index (χ3n) is 6.71. The van der Waals surface area contributed by atoms with E-state index in [1.807, 2.05) is 23.2 Å². The first kappa shape index (κ1) is 19.9. The molecule has 1 aromatic heterocycles. The Kier molecular flexibility index (Phi) is 4.26. The summed E-state index contributed by atoms with van der Waals surface area (Å²) < 4.78 is 15.8. The van der Waals surface area contributed by atoms with Crippen LogP contribution in [0.4, 0.5) is 4.39 Å². The van der Waals surface area contributed by atoms with Crippen molar-refractivity contribution in [3.8, 4) is 5.75 Å². The highest BCUT2D eigenvalue weighted by atomic mass is 35.5. The first-order chi connectivity index (χ1) is 15.4. The molecular formula is C24H18ClFN2O3S. The van der Waals surface area contributed by atoms with Crippen molar-refractivity contribution in [3.63, 3.8) is 0 Å². The summed E-state index contributed by atoms with van der Waals surface area (Å²) in [7, 11) is 0.